The molecule has 2 heteroatoms. The van der Waals surface area contributed by atoms with Gasteiger partial charge >= 0.3 is 0 Å². The van der Waals surface area contributed by atoms with Crippen molar-refractivity contribution in [2.24, 2.45) is 5.73 Å². The van der Waals surface area contributed by atoms with Crippen LogP contribution in [-0.4, -0.2) is 19.1 Å². The topological polar surface area (TPSA) is 38.0 Å². The summed E-state index contributed by atoms with van der Waals surface area (Å²) in [7, 11) is 1.55. The maximum Gasteiger partial charge on any atom is 0.0447 e. The van der Waals surface area contributed by atoms with Crippen molar-refractivity contribution in [2.75, 3.05) is 13.5 Å². The lowest BCUT2D eigenvalue weighted by Gasteiger charge is -2.16. The van der Waals surface area contributed by atoms with Crippen LogP contribution >= 0.6 is 0 Å². The summed E-state index contributed by atoms with van der Waals surface area (Å²) >= 11 is 0. The van der Waals surface area contributed by atoms with E-state index in [1.165, 1.54) is 0 Å². The summed E-state index contributed by atoms with van der Waals surface area (Å²) in [5, 5.41) is 2.49. The lowest BCUT2D eigenvalue weighted by atomic mass is 10.1. The molecule has 0 unspecified atom stereocenters. The molecule has 0 aromatic rings. The van der Waals surface area contributed by atoms with Crippen molar-refractivity contribution in [3.63, 3.8) is 0 Å². The Kier molecular flexibility index (Phi) is 1.26. The molecule has 0 fully saturated rings. The lowest BCUT2D eigenvalue weighted by molar-refractivity contribution is 0.490. The van der Waals surface area contributed by atoms with Crippen LogP contribution in [-0.2, 0) is 0 Å². The Balaban J connectivity index is 4.14. The first-order chi connectivity index (χ1) is 3.81. The van der Waals surface area contributed by atoms with Crippen molar-refractivity contribution < 1.29 is 2.74 Å². The Morgan fingerprint density at radius 1 is 1.86 bits per heavy atom. The SMILES string of the molecule is [2H]C([2H])(NC)C(C)(C)N. The fourth-order valence-electron chi connectivity index (χ4n) is 0.322. The summed E-state index contributed by atoms with van der Waals surface area (Å²) in [4.78, 5) is 0. The van der Waals surface area contributed by atoms with Gasteiger partial charge in [0.2, 0.25) is 0 Å². The van der Waals surface area contributed by atoms with Crippen LogP contribution in [0.2, 0.25) is 0 Å². The van der Waals surface area contributed by atoms with E-state index in [-0.39, 0.29) is 0 Å². The minimum absolute atomic E-state index is 0.832. The highest BCUT2D eigenvalue weighted by Crippen LogP contribution is 1.90. The third-order valence-electron chi connectivity index (χ3n) is 0.447. The molecule has 0 aromatic heterocycles. The molecule has 0 aliphatic rings. The van der Waals surface area contributed by atoms with Gasteiger partial charge in [-0.05, 0) is 20.9 Å². The van der Waals surface area contributed by atoms with Gasteiger partial charge in [0, 0.05) is 14.8 Å². The predicted octanol–water partition coefficient (Wildman–Crippen LogP) is -0.0569. The van der Waals surface area contributed by atoms with Gasteiger partial charge in [-0.15, -0.1) is 0 Å². The zero-order valence-electron chi connectivity index (χ0n) is 7.08. The predicted molar refractivity (Wildman–Crippen MR) is 32.2 cm³/mol. The number of nitrogens with one attached hydrogen (secondary N) is 1. The van der Waals surface area contributed by atoms with E-state index < -0.39 is 12.0 Å². The van der Waals surface area contributed by atoms with E-state index in [1.54, 1.807) is 20.9 Å². The monoisotopic (exact) mass is 104 g/mol. The number of nitrogens with two attached hydrogens (primary N) is 1. The second kappa shape index (κ2) is 2.28. The molecule has 0 spiro atoms. The average molecular weight is 104 g/mol. The summed E-state index contributed by atoms with van der Waals surface area (Å²) in [6.07, 6.45) is 0. The molecule has 7 heavy (non-hydrogen) atoms. The lowest BCUT2D eigenvalue weighted by Crippen LogP contribution is -2.41. The molecule has 3 N–H and O–H groups in total. The van der Waals surface area contributed by atoms with Gasteiger partial charge in [-0.2, -0.15) is 0 Å². The van der Waals surface area contributed by atoms with E-state index in [2.05, 4.69) is 5.32 Å². The molecular weight excluding hydrogens is 88.1 g/mol. The first-order valence-electron chi connectivity index (χ1n) is 3.29. The van der Waals surface area contributed by atoms with Gasteiger partial charge in [0.1, 0.15) is 0 Å². The van der Waals surface area contributed by atoms with E-state index in [4.69, 9.17) is 8.48 Å². The first kappa shape index (κ1) is 3.87. The second-order valence-electron chi connectivity index (χ2n) is 2.10. The standard InChI is InChI=1S/C5H14N2/c1-5(2,6)4-7-3/h7H,4,6H2,1-3H3/i4D2. The highest BCUT2D eigenvalue weighted by atomic mass is 14.9. The van der Waals surface area contributed by atoms with Gasteiger partial charge in [-0.1, -0.05) is 0 Å². The van der Waals surface area contributed by atoms with Crippen molar-refractivity contribution >= 4 is 0 Å². The highest BCUT2D eigenvalue weighted by Gasteiger charge is 2.06. The number of hydrogen-bond acceptors (Lipinski definition) is 2. The molecule has 44 valence electrons. The Labute approximate surface area is 47.9 Å². The fraction of sp³-hybridized carbons (Fsp3) is 1.00. The molecule has 0 aromatic carbocycles. The smallest absolute Gasteiger partial charge is 0.0447 e. The van der Waals surface area contributed by atoms with Crippen molar-refractivity contribution in [3.05, 3.63) is 0 Å². The van der Waals surface area contributed by atoms with Crippen LogP contribution in [0, 0.1) is 0 Å². The number of likely N-dealkylation sites (N-methyl/N-ethyl adjacent to an activating group) is 1. The van der Waals surface area contributed by atoms with Crippen LogP contribution in [0.3, 0.4) is 0 Å². The first-order valence-corrected chi connectivity index (χ1v) is 2.29. The number of rotatable bonds is 2. The van der Waals surface area contributed by atoms with Gasteiger partial charge in [0.15, 0.2) is 0 Å². The third-order valence-corrected chi connectivity index (χ3v) is 0.447. The Morgan fingerprint density at radius 3 is 2.29 bits per heavy atom. The summed E-state index contributed by atoms with van der Waals surface area (Å²) in [5.41, 5.74) is 4.65. The average Bonchev–Trinajstić information content (AvgIpc) is 1.64. The molecule has 0 heterocycles. The second-order valence-corrected chi connectivity index (χ2v) is 2.10. The van der Waals surface area contributed by atoms with Crippen LogP contribution in [0.1, 0.15) is 16.6 Å². The summed E-state index contributed by atoms with van der Waals surface area (Å²) in [6, 6.07) is 0. The Bertz CT molecular complexity index is 95.6. The molecular formula is C5H14N2. The van der Waals surface area contributed by atoms with Crippen LogP contribution in [0.25, 0.3) is 0 Å². The zero-order chi connectivity index (χ0) is 7.71. The van der Waals surface area contributed by atoms with Gasteiger partial charge in [0.05, 0.1) is 0 Å². The van der Waals surface area contributed by atoms with Crippen molar-refractivity contribution in [1.82, 2.24) is 5.32 Å². The van der Waals surface area contributed by atoms with Crippen molar-refractivity contribution in [3.8, 4) is 0 Å². The molecule has 2 nitrogen and oxygen atoms in total. The Hall–Kier alpha value is -0.0800. The molecule has 0 radical (unpaired) electrons. The van der Waals surface area contributed by atoms with Crippen molar-refractivity contribution in [2.45, 2.75) is 19.4 Å². The van der Waals surface area contributed by atoms with Crippen LogP contribution in [0.4, 0.5) is 0 Å². The summed E-state index contributed by atoms with van der Waals surface area (Å²) in [6.45, 7) is 1.79. The van der Waals surface area contributed by atoms with Crippen molar-refractivity contribution in [1.29, 1.82) is 0 Å². The molecule has 0 rings (SSSR count). The normalized spacial score (nSPS) is 18.3. The molecule has 0 bridgehead atoms. The maximum absolute atomic E-state index is 7.26. The highest BCUT2D eigenvalue weighted by molar-refractivity contribution is 4.72. The summed E-state index contributed by atoms with van der Waals surface area (Å²) < 4.78 is 14.5. The van der Waals surface area contributed by atoms with E-state index >= 15 is 0 Å². The van der Waals surface area contributed by atoms with E-state index in [0.717, 1.165) is 0 Å². The zero-order valence-corrected chi connectivity index (χ0v) is 5.08. The van der Waals surface area contributed by atoms with E-state index in [9.17, 15) is 0 Å². The van der Waals surface area contributed by atoms with Gasteiger partial charge in [0.25, 0.3) is 0 Å². The van der Waals surface area contributed by atoms with Gasteiger partial charge in [-0.3, -0.25) is 0 Å². The van der Waals surface area contributed by atoms with Gasteiger partial charge < -0.3 is 11.1 Å². The fourth-order valence-corrected chi connectivity index (χ4v) is 0.322. The summed E-state index contributed by atoms with van der Waals surface area (Å²) in [5.74, 6) is 0. The number of hydrogen-bond donors (Lipinski definition) is 2. The molecule has 0 atom stereocenters. The Morgan fingerprint density at radius 2 is 2.29 bits per heavy atom. The van der Waals surface area contributed by atoms with Gasteiger partial charge in [-0.25, -0.2) is 0 Å². The van der Waals surface area contributed by atoms with E-state index in [0.29, 0.717) is 0 Å². The molecule has 0 aliphatic carbocycles. The largest absolute Gasteiger partial charge is 0.324 e. The molecule has 0 saturated carbocycles. The maximum atomic E-state index is 7.26. The quantitative estimate of drug-likeness (QED) is 0.515. The van der Waals surface area contributed by atoms with Crippen LogP contribution in [0.15, 0.2) is 0 Å². The molecule has 0 amide bonds. The minimum atomic E-state index is -1.49. The third kappa shape index (κ3) is 5.92. The molecule has 0 saturated heterocycles. The van der Waals surface area contributed by atoms with Crippen LogP contribution < -0.4 is 11.1 Å². The minimum Gasteiger partial charge on any atom is -0.324 e. The van der Waals surface area contributed by atoms with E-state index in [1.807, 2.05) is 0 Å². The molecule has 0 aliphatic heterocycles. The van der Waals surface area contributed by atoms with Crippen LogP contribution in [0.5, 0.6) is 0 Å².